The number of fused-ring (bicyclic) bond motifs is 2. The Kier molecular flexibility index (Phi) is 8.24. The number of methoxy groups -OCH3 is 1. The molecule has 0 saturated carbocycles. The van der Waals surface area contributed by atoms with Crippen LogP contribution in [0.5, 0.6) is 11.6 Å². The van der Waals surface area contributed by atoms with Crippen LogP contribution in [0.15, 0.2) is 36.5 Å². The predicted octanol–water partition coefficient (Wildman–Crippen LogP) is 2.07. The molecule has 2 aromatic heterocycles. The molecule has 1 fully saturated rings. The van der Waals surface area contributed by atoms with Crippen LogP contribution < -0.4 is 19.7 Å². The number of anilines is 2. The van der Waals surface area contributed by atoms with E-state index in [1.807, 2.05) is 4.90 Å². The number of carbonyl (C=O) groups is 2. The third-order valence-electron chi connectivity index (χ3n) is 6.79. The Bertz CT molecular complexity index is 1410. The Balaban J connectivity index is 1.24. The molecule has 0 unspecified atom stereocenters. The van der Waals surface area contributed by atoms with E-state index in [4.69, 9.17) is 14.2 Å². The van der Waals surface area contributed by atoms with Crippen molar-refractivity contribution in [3.63, 3.8) is 0 Å². The first kappa shape index (κ1) is 27.5. The normalized spacial score (nSPS) is 17.4. The van der Waals surface area contributed by atoms with Crippen molar-refractivity contribution in [3.8, 4) is 11.6 Å². The molecule has 4 heterocycles. The first-order valence-electron chi connectivity index (χ1n) is 12.9. The standard InChI is InChI=1S/C27H30FN5O7/c1-38-25-7-5-21-26(31-25)19(20(28)10-29-21)13-32(11-17(35)14-34)8-2-3-18-12-33(27(37)40-18)16-4-6-23-22(9-16)30-24(36)15-39-23/h4-7,9-10,17-18,34-35H,2-3,8,11-15H2,1H3,(H,30,36)/t17-,18-/m1/s1. The first-order chi connectivity index (χ1) is 19.3. The predicted molar refractivity (Wildman–Crippen MR) is 142 cm³/mol. The summed E-state index contributed by atoms with van der Waals surface area (Å²) < 4.78 is 31.0. The van der Waals surface area contributed by atoms with Crippen LogP contribution in [0.1, 0.15) is 18.4 Å². The number of benzene rings is 1. The van der Waals surface area contributed by atoms with Gasteiger partial charge in [0, 0.05) is 30.4 Å². The molecule has 2 aliphatic heterocycles. The Hall–Kier alpha value is -4.07. The van der Waals surface area contributed by atoms with Crippen molar-refractivity contribution in [2.75, 3.05) is 50.2 Å². The van der Waals surface area contributed by atoms with Gasteiger partial charge in [-0.2, -0.15) is 0 Å². The number of amides is 2. The number of ether oxygens (including phenoxy) is 3. The Labute approximate surface area is 229 Å². The molecule has 0 radical (unpaired) electrons. The molecule has 12 nitrogen and oxygen atoms in total. The third-order valence-corrected chi connectivity index (χ3v) is 6.79. The number of cyclic esters (lactones) is 1. The van der Waals surface area contributed by atoms with Gasteiger partial charge >= 0.3 is 6.09 Å². The zero-order valence-electron chi connectivity index (χ0n) is 21.9. The zero-order valence-corrected chi connectivity index (χ0v) is 21.9. The van der Waals surface area contributed by atoms with E-state index in [2.05, 4.69) is 15.3 Å². The van der Waals surface area contributed by atoms with Gasteiger partial charge in [0.2, 0.25) is 5.88 Å². The van der Waals surface area contributed by atoms with Gasteiger partial charge in [-0.3, -0.25) is 19.6 Å². The van der Waals surface area contributed by atoms with Crippen LogP contribution in [0.3, 0.4) is 0 Å². The summed E-state index contributed by atoms with van der Waals surface area (Å²) in [6.07, 6.45) is 0.322. The highest BCUT2D eigenvalue weighted by Crippen LogP contribution is 2.34. The van der Waals surface area contributed by atoms with E-state index >= 15 is 0 Å². The maximum atomic E-state index is 14.9. The Morgan fingerprint density at radius 2 is 2.15 bits per heavy atom. The minimum atomic E-state index is -1.02. The van der Waals surface area contributed by atoms with E-state index in [0.29, 0.717) is 65.5 Å². The molecule has 0 aliphatic carbocycles. The average molecular weight is 556 g/mol. The summed E-state index contributed by atoms with van der Waals surface area (Å²) in [6.45, 7) is 0.468. The van der Waals surface area contributed by atoms with Crippen molar-refractivity contribution in [3.05, 3.63) is 47.9 Å². The zero-order chi connectivity index (χ0) is 28.2. The molecular formula is C27H30FN5O7. The second-order valence-corrected chi connectivity index (χ2v) is 9.65. The van der Waals surface area contributed by atoms with Crippen molar-refractivity contribution in [2.24, 2.45) is 0 Å². The van der Waals surface area contributed by atoms with Gasteiger partial charge in [-0.05, 0) is 43.7 Å². The number of nitrogens with zero attached hydrogens (tertiary/aromatic N) is 4. The van der Waals surface area contributed by atoms with Crippen LogP contribution in [0.25, 0.3) is 11.0 Å². The van der Waals surface area contributed by atoms with Crippen molar-refractivity contribution in [1.82, 2.24) is 14.9 Å². The van der Waals surface area contributed by atoms with Crippen LogP contribution in [0.4, 0.5) is 20.6 Å². The molecule has 1 aromatic carbocycles. The van der Waals surface area contributed by atoms with Gasteiger partial charge in [-0.1, -0.05) is 0 Å². The van der Waals surface area contributed by atoms with Crippen LogP contribution >= 0.6 is 0 Å². The molecule has 13 heteroatoms. The molecule has 212 valence electrons. The van der Waals surface area contributed by atoms with Gasteiger partial charge in [0.25, 0.3) is 5.91 Å². The summed E-state index contributed by atoms with van der Waals surface area (Å²) >= 11 is 0. The molecule has 1 saturated heterocycles. The summed E-state index contributed by atoms with van der Waals surface area (Å²) in [4.78, 5) is 36.0. The van der Waals surface area contributed by atoms with Gasteiger partial charge < -0.3 is 29.7 Å². The summed E-state index contributed by atoms with van der Waals surface area (Å²) in [5.74, 6) is 0.0508. The van der Waals surface area contributed by atoms with Gasteiger partial charge in [-0.15, -0.1) is 0 Å². The summed E-state index contributed by atoms with van der Waals surface area (Å²) in [5, 5.41) is 22.3. The average Bonchev–Trinajstić information content (AvgIpc) is 3.33. The van der Waals surface area contributed by atoms with Crippen LogP contribution in [-0.4, -0.2) is 89.2 Å². The number of hydrogen-bond donors (Lipinski definition) is 3. The number of aliphatic hydroxyl groups excluding tert-OH is 2. The first-order valence-corrected chi connectivity index (χ1v) is 12.9. The molecule has 3 N–H and O–H groups in total. The minimum Gasteiger partial charge on any atom is -0.482 e. The Morgan fingerprint density at radius 3 is 2.95 bits per heavy atom. The third kappa shape index (κ3) is 6.06. The van der Waals surface area contributed by atoms with E-state index in [-0.39, 0.29) is 31.7 Å². The van der Waals surface area contributed by atoms with E-state index < -0.39 is 24.6 Å². The van der Waals surface area contributed by atoms with Gasteiger partial charge in [-0.25, -0.2) is 14.2 Å². The van der Waals surface area contributed by atoms with E-state index in [1.54, 1.807) is 30.3 Å². The number of pyridine rings is 2. The van der Waals surface area contributed by atoms with Crippen LogP contribution in [0.2, 0.25) is 0 Å². The number of nitrogens with one attached hydrogen (secondary N) is 1. The smallest absolute Gasteiger partial charge is 0.414 e. The number of hydrogen-bond acceptors (Lipinski definition) is 10. The molecule has 5 rings (SSSR count). The topological polar surface area (TPSA) is 147 Å². The van der Waals surface area contributed by atoms with Crippen molar-refractivity contribution in [1.29, 1.82) is 0 Å². The summed E-state index contributed by atoms with van der Waals surface area (Å²) in [7, 11) is 1.47. The largest absolute Gasteiger partial charge is 0.482 e. The van der Waals surface area contributed by atoms with Gasteiger partial charge in [0.15, 0.2) is 6.61 Å². The summed E-state index contributed by atoms with van der Waals surface area (Å²) in [6, 6.07) is 8.44. The lowest BCUT2D eigenvalue weighted by Gasteiger charge is -2.25. The monoisotopic (exact) mass is 555 g/mol. The lowest BCUT2D eigenvalue weighted by molar-refractivity contribution is -0.118. The molecule has 2 atom stereocenters. The van der Waals surface area contributed by atoms with Crippen LogP contribution in [-0.2, 0) is 16.1 Å². The second kappa shape index (κ2) is 12.0. The van der Waals surface area contributed by atoms with Gasteiger partial charge in [0.05, 0.1) is 43.8 Å². The van der Waals surface area contributed by atoms with Crippen LogP contribution in [0, 0.1) is 5.82 Å². The van der Waals surface area contributed by atoms with Crippen molar-refractivity contribution >= 4 is 34.4 Å². The second-order valence-electron chi connectivity index (χ2n) is 9.65. The lowest BCUT2D eigenvalue weighted by atomic mass is 10.1. The fourth-order valence-electron chi connectivity index (χ4n) is 4.82. The lowest BCUT2D eigenvalue weighted by Crippen LogP contribution is -2.35. The molecule has 2 amide bonds. The number of carbonyl (C=O) groups excluding carboxylic acids is 2. The fourth-order valence-corrected chi connectivity index (χ4v) is 4.82. The highest BCUT2D eigenvalue weighted by molar-refractivity contribution is 5.97. The molecular weight excluding hydrogens is 525 g/mol. The highest BCUT2D eigenvalue weighted by Gasteiger charge is 2.33. The van der Waals surface area contributed by atoms with Crippen molar-refractivity contribution in [2.45, 2.75) is 31.6 Å². The molecule has 2 aliphatic rings. The van der Waals surface area contributed by atoms with E-state index in [9.17, 15) is 24.2 Å². The molecule has 3 aromatic rings. The summed E-state index contributed by atoms with van der Waals surface area (Å²) in [5.41, 5.74) is 2.23. The SMILES string of the molecule is COc1ccc2ncc(F)c(CN(CCC[C@@H]3CN(c4ccc5c(c4)NC(=O)CO5)C(=O)O3)C[C@@H](O)CO)c2n1. The molecule has 0 spiro atoms. The molecule has 40 heavy (non-hydrogen) atoms. The Morgan fingerprint density at radius 1 is 1.30 bits per heavy atom. The fraction of sp³-hybridized carbons (Fsp3) is 0.407. The number of rotatable bonds is 11. The molecule has 0 bridgehead atoms. The van der Waals surface area contributed by atoms with E-state index in [0.717, 1.165) is 6.20 Å². The maximum absolute atomic E-state index is 14.9. The minimum absolute atomic E-state index is 0.0543. The number of aliphatic hydroxyl groups is 2. The maximum Gasteiger partial charge on any atom is 0.414 e. The quantitative estimate of drug-likeness (QED) is 0.321. The number of aromatic nitrogens is 2. The van der Waals surface area contributed by atoms with Gasteiger partial charge in [0.1, 0.15) is 23.2 Å². The number of halogens is 1. The highest BCUT2D eigenvalue weighted by atomic mass is 19.1. The van der Waals surface area contributed by atoms with E-state index in [1.165, 1.54) is 12.0 Å². The van der Waals surface area contributed by atoms with Crippen molar-refractivity contribution < 1.29 is 38.4 Å².